The van der Waals surface area contributed by atoms with E-state index >= 15 is 0 Å². The standard InChI is InChI=1S/C17H31ClO3/c1-2-3-4-5-6-7-8-9-10-11-12-13-14-16(19)21-17(20)15-18/h2-15H2,1H3. The Morgan fingerprint density at radius 3 is 1.57 bits per heavy atom. The van der Waals surface area contributed by atoms with E-state index in [1.165, 1.54) is 57.8 Å². The maximum Gasteiger partial charge on any atom is 0.328 e. The highest BCUT2D eigenvalue weighted by atomic mass is 35.5. The zero-order valence-corrected chi connectivity index (χ0v) is 14.3. The molecule has 124 valence electrons. The van der Waals surface area contributed by atoms with Crippen LogP contribution < -0.4 is 0 Å². The maximum absolute atomic E-state index is 11.2. The lowest BCUT2D eigenvalue weighted by molar-refractivity contribution is -0.157. The summed E-state index contributed by atoms with van der Waals surface area (Å²) < 4.78 is 4.49. The monoisotopic (exact) mass is 318 g/mol. The smallest absolute Gasteiger partial charge is 0.328 e. The first-order chi connectivity index (χ1) is 10.2. The molecule has 0 aliphatic rings. The molecular formula is C17H31ClO3. The number of alkyl halides is 1. The van der Waals surface area contributed by atoms with Crippen LogP contribution in [0, 0.1) is 0 Å². The molecule has 0 radical (unpaired) electrons. The predicted molar refractivity (Wildman–Crippen MR) is 87.5 cm³/mol. The number of carbonyl (C=O) groups excluding carboxylic acids is 2. The molecule has 4 heteroatoms. The van der Waals surface area contributed by atoms with E-state index in [1.54, 1.807) is 0 Å². The Morgan fingerprint density at radius 1 is 0.714 bits per heavy atom. The van der Waals surface area contributed by atoms with Gasteiger partial charge in [0.25, 0.3) is 0 Å². The molecule has 0 aliphatic heterocycles. The van der Waals surface area contributed by atoms with Crippen molar-refractivity contribution in [1.82, 2.24) is 0 Å². The summed E-state index contributed by atoms with van der Waals surface area (Å²) in [7, 11) is 0. The molecule has 0 amide bonds. The lowest BCUT2D eigenvalue weighted by Gasteiger charge is -2.03. The Bertz CT molecular complexity index is 267. The number of ether oxygens (including phenoxy) is 1. The summed E-state index contributed by atoms with van der Waals surface area (Å²) in [5, 5.41) is 0. The zero-order valence-electron chi connectivity index (χ0n) is 13.5. The van der Waals surface area contributed by atoms with Crippen molar-refractivity contribution < 1.29 is 14.3 Å². The SMILES string of the molecule is CCCCCCCCCCCCCCC(=O)OC(=O)CCl. The van der Waals surface area contributed by atoms with Gasteiger partial charge in [-0.15, -0.1) is 11.6 Å². The molecule has 0 aromatic heterocycles. The summed E-state index contributed by atoms with van der Waals surface area (Å²) in [5.74, 6) is -1.36. The first kappa shape index (κ1) is 20.4. The molecule has 3 nitrogen and oxygen atoms in total. The van der Waals surface area contributed by atoms with E-state index in [1.807, 2.05) is 0 Å². The highest BCUT2D eigenvalue weighted by Crippen LogP contribution is 2.12. The quantitative estimate of drug-likeness (QED) is 0.187. The summed E-state index contributed by atoms with van der Waals surface area (Å²) in [5.41, 5.74) is 0. The second-order valence-corrected chi connectivity index (χ2v) is 5.89. The Labute approximate surface area is 134 Å². The molecule has 0 aliphatic carbocycles. The molecule has 0 aromatic rings. The third-order valence-corrected chi connectivity index (χ3v) is 3.79. The zero-order chi connectivity index (χ0) is 15.8. The van der Waals surface area contributed by atoms with Crippen molar-refractivity contribution in [3.8, 4) is 0 Å². The van der Waals surface area contributed by atoms with E-state index in [2.05, 4.69) is 11.7 Å². The molecule has 0 spiro atoms. The van der Waals surface area contributed by atoms with Gasteiger partial charge in [-0.25, -0.2) is 0 Å². The van der Waals surface area contributed by atoms with Gasteiger partial charge in [-0.2, -0.15) is 0 Å². The Kier molecular flexibility index (Phi) is 15.4. The first-order valence-corrected chi connectivity index (χ1v) is 9.03. The normalized spacial score (nSPS) is 10.6. The largest absolute Gasteiger partial charge is 0.392 e. The van der Waals surface area contributed by atoms with Crippen LogP contribution in [0.2, 0.25) is 0 Å². The summed E-state index contributed by atoms with van der Waals surface area (Å²) >= 11 is 5.25. The molecule has 21 heavy (non-hydrogen) atoms. The Hall–Kier alpha value is -0.570. The minimum atomic E-state index is -0.652. The predicted octanol–water partition coefficient (Wildman–Crippen LogP) is 5.39. The van der Waals surface area contributed by atoms with Gasteiger partial charge >= 0.3 is 11.9 Å². The van der Waals surface area contributed by atoms with Gasteiger partial charge in [0.1, 0.15) is 5.88 Å². The maximum atomic E-state index is 11.2. The van der Waals surface area contributed by atoms with Crippen LogP contribution in [-0.2, 0) is 14.3 Å². The minimum absolute atomic E-state index is 0.260. The molecule has 0 saturated heterocycles. The molecule has 0 heterocycles. The van der Waals surface area contributed by atoms with Gasteiger partial charge < -0.3 is 4.74 Å². The number of halogens is 1. The van der Waals surface area contributed by atoms with Crippen LogP contribution in [0.5, 0.6) is 0 Å². The highest BCUT2D eigenvalue weighted by Gasteiger charge is 2.08. The third kappa shape index (κ3) is 15.6. The van der Waals surface area contributed by atoms with Gasteiger partial charge in [0.05, 0.1) is 0 Å². The fourth-order valence-electron chi connectivity index (χ4n) is 2.32. The number of unbranched alkanes of at least 4 members (excludes halogenated alkanes) is 11. The molecule has 0 unspecified atom stereocenters. The second kappa shape index (κ2) is 15.8. The average Bonchev–Trinajstić information content (AvgIpc) is 2.48. The Balaban J connectivity index is 3.15. The van der Waals surface area contributed by atoms with Crippen molar-refractivity contribution in [2.24, 2.45) is 0 Å². The van der Waals surface area contributed by atoms with Gasteiger partial charge in [0.15, 0.2) is 0 Å². The fourth-order valence-corrected chi connectivity index (χ4v) is 2.37. The van der Waals surface area contributed by atoms with Gasteiger partial charge in [-0.05, 0) is 6.42 Å². The molecular weight excluding hydrogens is 288 g/mol. The van der Waals surface area contributed by atoms with E-state index in [-0.39, 0.29) is 5.88 Å². The van der Waals surface area contributed by atoms with Gasteiger partial charge in [0.2, 0.25) is 0 Å². The first-order valence-electron chi connectivity index (χ1n) is 8.50. The van der Waals surface area contributed by atoms with Crippen LogP contribution in [0.4, 0.5) is 0 Å². The van der Waals surface area contributed by atoms with Crippen LogP contribution in [0.25, 0.3) is 0 Å². The number of rotatable bonds is 14. The van der Waals surface area contributed by atoms with Crippen LogP contribution in [0.15, 0.2) is 0 Å². The van der Waals surface area contributed by atoms with Crippen LogP contribution >= 0.6 is 11.6 Å². The topological polar surface area (TPSA) is 43.4 Å². The van der Waals surface area contributed by atoms with E-state index in [9.17, 15) is 9.59 Å². The van der Waals surface area contributed by atoms with Crippen molar-refractivity contribution in [2.45, 2.75) is 90.4 Å². The lowest BCUT2D eigenvalue weighted by Crippen LogP contribution is -2.12. The fraction of sp³-hybridized carbons (Fsp3) is 0.882. The van der Waals surface area contributed by atoms with Gasteiger partial charge in [-0.3, -0.25) is 9.59 Å². The number of esters is 2. The van der Waals surface area contributed by atoms with Crippen molar-refractivity contribution >= 4 is 23.5 Å². The summed E-state index contributed by atoms with van der Waals surface area (Å²) in [4.78, 5) is 22.0. The highest BCUT2D eigenvalue weighted by molar-refractivity contribution is 6.27. The molecule has 0 saturated carbocycles. The van der Waals surface area contributed by atoms with E-state index in [4.69, 9.17) is 11.6 Å². The van der Waals surface area contributed by atoms with E-state index < -0.39 is 11.9 Å². The van der Waals surface area contributed by atoms with Gasteiger partial charge in [-0.1, -0.05) is 77.6 Å². The molecule has 0 N–H and O–H groups in total. The van der Waals surface area contributed by atoms with Crippen LogP contribution in [0.1, 0.15) is 90.4 Å². The summed E-state index contributed by atoms with van der Waals surface area (Å²) in [6.45, 7) is 2.25. The average molecular weight is 319 g/mol. The van der Waals surface area contributed by atoms with E-state index in [0.29, 0.717) is 6.42 Å². The summed E-state index contributed by atoms with van der Waals surface area (Å²) in [6.07, 6.45) is 15.4. The second-order valence-electron chi connectivity index (χ2n) is 5.62. The van der Waals surface area contributed by atoms with E-state index in [0.717, 1.165) is 19.3 Å². The number of hydrogen-bond acceptors (Lipinski definition) is 3. The third-order valence-electron chi connectivity index (χ3n) is 3.57. The molecule has 0 fully saturated rings. The Morgan fingerprint density at radius 2 is 1.14 bits per heavy atom. The van der Waals surface area contributed by atoms with Crippen molar-refractivity contribution in [1.29, 1.82) is 0 Å². The molecule has 0 atom stereocenters. The molecule has 0 bridgehead atoms. The van der Waals surface area contributed by atoms with Crippen LogP contribution in [-0.4, -0.2) is 17.8 Å². The van der Waals surface area contributed by atoms with Gasteiger partial charge in [0, 0.05) is 6.42 Å². The lowest BCUT2D eigenvalue weighted by atomic mass is 10.0. The number of carbonyl (C=O) groups is 2. The van der Waals surface area contributed by atoms with Crippen molar-refractivity contribution in [3.63, 3.8) is 0 Å². The summed E-state index contributed by atoms with van der Waals surface area (Å²) in [6, 6.07) is 0. The molecule has 0 rings (SSSR count). The van der Waals surface area contributed by atoms with Crippen LogP contribution in [0.3, 0.4) is 0 Å². The van der Waals surface area contributed by atoms with Crippen molar-refractivity contribution in [2.75, 3.05) is 5.88 Å². The molecule has 0 aromatic carbocycles. The number of hydrogen-bond donors (Lipinski definition) is 0. The van der Waals surface area contributed by atoms with Crippen molar-refractivity contribution in [3.05, 3.63) is 0 Å². The minimum Gasteiger partial charge on any atom is -0.392 e.